The minimum atomic E-state index is -0.510. The zero-order chi connectivity index (χ0) is 10.1. The van der Waals surface area contributed by atoms with Crippen molar-refractivity contribution in [2.45, 2.75) is 12.5 Å². The van der Waals surface area contributed by atoms with Crippen molar-refractivity contribution in [3.05, 3.63) is 36.4 Å². The Hall–Kier alpha value is -1.09. The van der Waals surface area contributed by atoms with Gasteiger partial charge in [-0.2, -0.15) is 0 Å². The van der Waals surface area contributed by atoms with Crippen LogP contribution in [0.2, 0.25) is 0 Å². The molecule has 0 bridgehead atoms. The zero-order valence-corrected chi connectivity index (χ0v) is 7.89. The molecule has 0 spiro atoms. The normalized spacial score (nSPS) is 26.8. The summed E-state index contributed by atoms with van der Waals surface area (Å²) in [5.74, 6) is -0.505. The summed E-state index contributed by atoms with van der Waals surface area (Å²) in [5.41, 5.74) is 0.217. The molecule has 0 aliphatic carbocycles. The second-order valence-electron chi connectivity index (χ2n) is 3.16. The first-order valence-electron chi connectivity index (χ1n) is 3.93. The van der Waals surface area contributed by atoms with Crippen molar-refractivity contribution < 1.29 is 13.9 Å². The predicted octanol–water partition coefficient (Wildman–Crippen LogP) is 2.35. The van der Waals surface area contributed by atoms with Crippen LogP contribution in [-0.2, 0) is 9.47 Å². The Morgan fingerprint density at radius 2 is 2.15 bits per heavy atom. The van der Waals surface area contributed by atoms with Crippen LogP contribution in [-0.4, -0.2) is 19.3 Å². The molecular formula is C10H13FO2. The van der Waals surface area contributed by atoms with Gasteiger partial charge in [-0.15, -0.1) is 0 Å². The van der Waals surface area contributed by atoms with E-state index in [1.807, 2.05) is 6.92 Å². The van der Waals surface area contributed by atoms with Gasteiger partial charge in [0.1, 0.15) is 11.4 Å². The van der Waals surface area contributed by atoms with Gasteiger partial charge < -0.3 is 9.47 Å². The lowest BCUT2D eigenvalue weighted by Crippen LogP contribution is -2.06. The minimum absolute atomic E-state index is 0.00500. The maximum Gasteiger partial charge on any atom is 0.164 e. The molecule has 1 heterocycles. The molecule has 2 nitrogen and oxygen atoms in total. The molecule has 0 aromatic rings. The van der Waals surface area contributed by atoms with Gasteiger partial charge in [-0.1, -0.05) is 13.2 Å². The van der Waals surface area contributed by atoms with Crippen molar-refractivity contribution in [1.82, 2.24) is 0 Å². The van der Waals surface area contributed by atoms with Crippen LogP contribution in [0.1, 0.15) is 6.92 Å². The van der Waals surface area contributed by atoms with Crippen LogP contribution in [0.5, 0.6) is 0 Å². The van der Waals surface area contributed by atoms with Crippen molar-refractivity contribution in [2.24, 2.45) is 0 Å². The summed E-state index contributed by atoms with van der Waals surface area (Å²) >= 11 is 0. The maximum atomic E-state index is 13.1. The summed E-state index contributed by atoms with van der Waals surface area (Å²) < 4.78 is 22.8. The Labute approximate surface area is 77.3 Å². The Bertz CT molecular complexity index is 275. The predicted molar refractivity (Wildman–Crippen MR) is 48.8 cm³/mol. The van der Waals surface area contributed by atoms with Gasteiger partial charge in [-0.25, -0.2) is 4.39 Å². The van der Waals surface area contributed by atoms with Gasteiger partial charge in [-0.05, 0) is 18.6 Å². The molecular weight excluding hydrogens is 171 g/mol. The van der Waals surface area contributed by atoms with Crippen molar-refractivity contribution >= 4 is 0 Å². The fraction of sp³-hybridized carbons (Fsp3) is 0.400. The molecule has 1 saturated heterocycles. The fourth-order valence-corrected chi connectivity index (χ4v) is 0.777. The summed E-state index contributed by atoms with van der Waals surface area (Å²) in [5, 5.41) is 0. The van der Waals surface area contributed by atoms with Crippen molar-refractivity contribution in [2.75, 3.05) is 13.7 Å². The van der Waals surface area contributed by atoms with Crippen LogP contribution in [0.4, 0.5) is 4.39 Å². The molecule has 72 valence electrons. The van der Waals surface area contributed by atoms with Crippen LogP contribution in [0.25, 0.3) is 0 Å². The second kappa shape index (κ2) is 3.34. The summed E-state index contributed by atoms with van der Waals surface area (Å²) in [6.45, 7) is 9.54. The highest BCUT2D eigenvalue weighted by atomic mass is 19.1. The second-order valence-corrected chi connectivity index (χ2v) is 3.16. The maximum absolute atomic E-state index is 13.1. The quantitative estimate of drug-likeness (QED) is 0.380. The summed E-state index contributed by atoms with van der Waals surface area (Å²) in [4.78, 5) is 0. The van der Waals surface area contributed by atoms with Gasteiger partial charge >= 0.3 is 0 Å². The Kier molecular flexibility index (Phi) is 2.57. The summed E-state index contributed by atoms with van der Waals surface area (Å²) in [7, 11) is 1.37. The van der Waals surface area contributed by atoms with E-state index in [0.29, 0.717) is 12.2 Å². The van der Waals surface area contributed by atoms with Crippen LogP contribution in [0.3, 0.4) is 0 Å². The molecule has 1 aliphatic rings. The summed E-state index contributed by atoms with van der Waals surface area (Å²) in [6.07, 6.45) is 1.29. The van der Waals surface area contributed by atoms with Crippen LogP contribution in [0.15, 0.2) is 36.4 Å². The SMILES string of the molecule is C=C(OC)/C(F)=C\C(=C)C1(C)CO1. The van der Waals surface area contributed by atoms with Crippen molar-refractivity contribution in [3.8, 4) is 0 Å². The van der Waals surface area contributed by atoms with Gasteiger partial charge in [0, 0.05) is 0 Å². The Morgan fingerprint density at radius 1 is 1.62 bits per heavy atom. The van der Waals surface area contributed by atoms with E-state index in [1.165, 1.54) is 13.2 Å². The number of hydrogen-bond donors (Lipinski definition) is 0. The van der Waals surface area contributed by atoms with Crippen molar-refractivity contribution in [1.29, 1.82) is 0 Å². The zero-order valence-electron chi connectivity index (χ0n) is 7.89. The number of allylic oxidation sites excluding steroid dienone is 1. The number of methoxy groups -OCH3 is 1. The molecule has 1 fully saturated rings. The van der Waals surface area contributed by atoms with Gasteiger partial charge in [0.15, 0.2) is 5.83 Å². The van der Waals surface area contributed by atoms with Crippen LogP contribution in [0, 0.1) is 0 Å². The van der Waals surface area contributed by atoms with Gasteiger partial charge in [0.2, 0.25) is 0 Å². The molecule has 0 saturated carbocycles. The smallest absolute Gasteiger partial charge is 0.164 e. The number of epoxide rings is 1. The molecule has 1 atom stereocenters. The van der Waals surface area contributed by atoms with E-state index in [0.717, 1.165) is 0 Å². The molecule has 0 radical (unpaired) electrons. The number of halogens is 1. The lowest BCUT2D eigenvalue weighted by atomic mass is 10.0. The standard InChI is InChI=1S/C10H13FO2/c1-7(10(3)6-13-10)5-9(11)8(2)12-4/h5H,1-2,6H2,3-4H3/b9-5+. The minimum Gasteiger partial charge on any atom is -0.494 e. The monoisotopic (exact) mass is 184 g/mol. The van der Waals surface area contributed by atoms with Gasteiger partial charge in [0.25, 0.3) is 0 Å². The molecule has 13 heavy (non-hydrogen) atoms. The molecule has 0 aromatic carbocycles. The molecule has 0 amide bonds. The number of hydrogen-bond acceptors (Lipinski definition) is 2. The number of ether oxygens (including phenoxy) is 2. The molecule has 0 N–H and O–H groups in total. The van der Waals surface area contributed by atoms with E-state index in [4.69, 9.17) is 4.74 Å². The van der Waals surface area contributed by atoms with E-state index in [-0.39, 0.29) is 11.4 Å². The highest BCUT2D eigenvalue weighted by Gasteiger charge is 2.41. The Morgan fingerprint density at radius 3 is 2.54 bits per heavy atom. The van der Waals surface area contributed by atoms with Crippen molar-refractivity contribution in [3.63, 3.8) is 0 Å². The lowest BCUT2D eigenvalue weighted by Gasteiger charge is -2.05. The van der Waals surface area contributed by atoms with Gasteiger partial charge in [-0.3, -0.25) is 0 Å². The third-order valence-electron chi connectivity index (χ3n) is 2.07. The largest absolute Gasteiger partial charge is 0.494 e. The average molecular weight is 184 g/mol. The lowest BCUT2D eigenvalue weighted by molar-refractivity contribution is 0.284. The van der Waals surface area contributed by atoms with Gasteiger partial charge in [0.05, 0.1) is 13.7 Å². The Balaban J connectivity index is 2.65. The summed E-state index contributed by atoms with van der Waals surface area (Å²) in [6, 6.07) is 0. The number of rotatable bonds is 4. The third-order valence-corrected chi connectivity index (χ3v) is 2.07. The van der Waals surface area contributed by atoms with E-state index < -0.39 is 5.83 Å². The van der Waals surface area contributed by atoms with E-state index in [9.17, 15) is 4.39 Å². The average Bonchev–Trinajstić information content (AvgIpc) is 2.83. The molecule has 3 heteroatoms. The first-order chi connectivity index (χ1) is 5.99. The van der Waals surface area contributed by atoms with Crippen LogP contribution < -0.4 is 0 Å². The third kappa shape index (κ3) is 2.18. The van der Waals surface area contributed by atoms with E-state index in [1.54, 1.807) is 0 Å². The first kappa shape index (κ1) is 9.99. The fourth-order valence-electron chi connectivity index (χ4n) is 0.777. The van der Waals surface area contributed by atoms with E-state index >= 15 is 0 Å². The van der Waals surface area contributed by atoms with Crippen LogP contribution >= 0.6 is 0 Å². The molecule has 1 aliphatic heterocycles. The molecule has 1 unspecified atom stereocenters. The topological polar surface area (TPSA) is 21.8 Å². The van der Waals surface area contributed by atoms with E-state index in [2.05, 4.69) is 17.9 Å². The molecule has 0 aromatic heterocycles. The highest BCUT2D eigenvalue weighted by molar-refractivity contribution is 5.35. The highest BCUT2D eigenvalue weighted by Crippen LogP contribution is 2.35. The first-order valence-corrected chi connectivity index (χ1v) is 3.93. The molecule has 1 rings (SSSR count).